The van der Waals surface area contributed by atoms with E-state index in [0.29, 0.717) is 20.6 Å². The maximum Gasteiger partial charge on any atom is 0.175 e. The van der Waals surface area contributed by atoms with Crippen LogP contribution in [0.1, 0.15) is 5.56 Å². The zero-order valence-electron chi connectivity index (χ0n) is 11.0. The average Bonchev–Trinajstić information content (AvgIpc) is 2.40. The molecule has 0 saturated heterocycles. The Kier molecular flexibility index (Phi) is 5.04. The number of hydrogen-bond donors (Lipinski definition) is 1. The summed E-state index contributed by atoms with van der Waals surface area (Å²) in [5, 5.41) is 4.36. The monoisotopic (exact) mass is 363 g/mol. The van der Waals surface area contributed by atoms with E-state index in [1.807, 2.05) is 0 Å². The summed E-state index contributed by atoms with van der Waals surface area (Å²) >= 11 is 17.9. The Morgan fingerprint density at radius 3 is 2.33 bits per heavy atom. The van der Waals surface area contributed by atoms with E-state index in [1.165, 1.54) is 6.07 Å². The first-order valence-corrected chi connectivity index (χ1v) is 8.98. The quantitative estimate of drug-likeness (QED) is 0.858. The number of anilines is 1. The minimum Gasteiger partial charge on any atom is -0.381 e. The van der Waals surface area contributed by atoms with Crippen LogP contribution in [-0.4, -0.2) is 14.7 Å². The first-order valence-electron chi connectivity index (χ1n) is 5.95. The highest BCUT2D eigenvalue weighted by Crippen LogP contribution is 2.28. The van der Waals surface area contributed by atoms with Crippen molar-refractivity contribution in [3.8, 4) is 0 Å². The zero-order valence-corrected chi connectivity index (χ0v) is 14.1. The van der Waals surface area contributed by atoms with Crippen molar-refractivity contribution in [2.24, 2.45) is 0 Å². The highest BCUT2D eigenvalue weighted by atomic mass is 35.5. The fourth-order valence-corrected chi connectivity index (χ4v) is 3.41. The third-order valence-corrected chi connectivity index (χ3v) is 5.14. The lowest BCUT2D eigenvalue weighted by Crippen LogP contribution is -2.07. The fraction of sp³-hybridized carbons (Fsp3) is 0.143. The lowest BCUT2D eigenvalue weighted by Gasteiger charge is -2.12. The van der Waals surface area contributed by atoms with Crippen molar-refractivity contribution < 1.29 is 8.42 Å². The molecule has 2 aromatic rings. The van der Waals surface area contributed by atoms with Crippen LogP contribution in [-0.2, 0) is 16.4 Å². The van der Waals surface area contributed by atoms with Crippen molar-refractivity contribution in [2.45, 2.75) is 11.4 Å². The van der Waals surface area contributed by atoms with E-state index in [1.54, 1.807) is 30.3 Å². The molecule has 0 saturated carbocycles. The summed E-state index contributed by atoms with van der Waals surface area (Å²) in [7, 11) is -3.35. The molecule has 0 aromatic heterocycles. The summed E-state index contributed by atoms with van der Waals surface area (Å²) in [5.74, 6) is 0. The fourth-order valence-electron chi connectivity index (χ4n) is 1.85. The molecule has 21 heavy (non-hydrogen) atoms. The van der Waals surface area contributed by atoms with Crippen LogP contribution >= 0.6 is 34.8 Å². The predicted molar refractivity (Wildman–Crippen MR) is 88.4 cm³/mol. The van der Waals surface area contributed by atoms with Gasteiger partial charge in [0.1, 0.15) is 0 Å². The van der Waals surface area contributed by atoms with Crippen molar-refractivity contribution >= 4 is 50.3 Å². The van der Waals surface area contributed by atoms with E-state index >= 15 is 0 Å². The summed E-state index contributed by atoms with van der Waals surface area (Å²) in [4.78, 5) is 0.211. The third kappa shape index (κ3) is 4.04. The van der Waals surface area contributed by atoms with Crippen LogP contribution in [0.2, 0.25) is 15.1 Å². The average molecular weight is 365 g/mol. The molecule has 0 aliphatic heterocycles. The van der Waals surface area contributed by atoms with E-state index in [9.17, 15) is 8.42 Å². The zero-order chi connectivity index (χ0) is 15.6. The summed E-state index contributed by atoms with van der Waals surface area (Å²) in [6, 6.07) is 9.89. The van der Waals surface area contributed by atoms with Crippen molar-refractivity contribution in [3.63, 3.8) is 0 Å². The van der Waals surface area contributed by atoms with E-state index in [2.05, 4.69) is 5.32 Å². The SMILES string of the molecule is CS(=O)(=O)c1cccc(Cl)c1CNc1ccc(Cl)c(Cl)c1. The Labute approximate surface area is 138 Å². The molecular weight excluding hydrogens is 353 g/mol. The number of sulfone groups is 1. The van der Waals surface area contributed by atoms with Crippen LogP contribution in [0.15, 0.2) is 41.3 Å². The molecule has 2 aromatic carbocycles. The predicted octanol–water partition coefficient (Wildman–Crippen LogP) is 4.66. The molecule has 7 heteroatoms. The van der Waals surface area contributed by atoms with Crippen LogP contribution in [0.25, 0.3) is 0 Å². The summed E-state index contributed by atoms with van der Waals surface area (Å²) < 4.78 is 23.6. The lowest BCUT2D eigenvalue weighted by molar-refractivity contribution is 0.601. The van der Waals surface area contributed by atoms with Gasteiger partial charge in [0.25, 0.3) is 0 Å². The lowest BCUT2D eigenvalue weighted by atomic mass is 10.2. The molecule has 0 aliphatic carbocycles. The van der Waals surface area contributed by atoms with E-state index in [-0.39, 0.29) is 11.4 Å². The smallest absolute Gasteiger partial charge is 0.175 e. The number of nitrogens with one attached hydrogen (secondary N) is 1. The van der Waals surface area contributed by atoms with Gasteiger partial charge in [-0.25, -0.2) is 8.42 Å². The minimum atomic E-state index is -3.35. The van der Waals surface area contributed by atoms with Gasteiger partial charge in [0.2, 0.25) is 0 Å². The van der Waals surface area contributed by atoms with Crippen molar-refractivity contribution in [2.75, 3.05) is 11.6 Å². The molecule has 0 spiro atoms. The van der Waals surface area contributed by atoms with Crippen LogP contribution in [0.3, 0.4) is 0 Å². The van der Waals surface area contributed by atoms with Gasteiger partial charge in [-0.05, 0) is 30.3 Å². The van der Waals surface area contributed by atoms with Gasteiger partial charge < -0.3 is 5.32 Å². The molecule has 0 bridgehead atoms. The Bertz CT molecular complexity index is 776. The standard InChI is InChI=1S/C14H12Cl3NO2S/c1-21(19,20)14-4-2-3-11(15)10(14)8-18-9-5-6-12(16)13(17)7-9/h2-7,18H,8H2,1H3. The Balaban J connectivity index is 2.30. The third-order valence-electron chi connectivity index (χ3n) is 2.86. The topological polar surface area (TPSA) is 46.2 Å². The van der Waals surface area contributed by atoms with Crippen molar-refractivity contribution in [1.29, 1.82) is 0 Å². The van der Waals surface area contributed by atoms with Crippen LogP contribution < -0.4 is 5.32 Å². The van der Waals surface area contributed by atoms with Crippen LogP contribution in [0, 0.1) is 0 Å². The van der Waals surface area contributed by atoms with Gasteiger partial charge in [0.15, 0.2) is 9.84 Å². The molecule has 1 N–H and O–H groups in total. The maximum atomic E-state index is 11.8. The van der Waals surface area contributed by atoms with E-state index in [0.717, 1.165) is 11.9 Å². The minimum absolute atomic E-state index is 0.211. The summed E-state index contributed by atoms with van der Waals surface area (Å²) in [6.45, 7) is 0.264. The van der Waals surface area contributed by atoms with Gasteiger partial charge in [0, 0.05) is 29.1 Å². The van der Waals surface area contributed by atoms with Gasteiger partial charge in [-0.2, -0.15) is 0 Å². The molecule has 112 valence electrons. The highest BCUT2D eigenvalue weighted by Gasteiger charge is 2.15. The second-order valence-electron chi connectivity index (χ2n) is 4.47. The largest absolute Gasteiger partial charge is 0.381 e. The molecule has 0 heterocycles. The van der Waals surface area contributed by atoms with E-state index < -0.39 is 9.84 Å². The summed E-state index contributed by atoms with van der Waals surface area (Å²) in [6.07, 6.45) is 1.15. The molecule has 0 aliphatic rings. The number of halogens is 3. The Morgan fingerprint density at radius 1 is 1.00 bits per heavy atom. The van der Waals surface area contributed by atoms with Gasteiger partial charge in [-0.1, -0.05) is 40.9 Å². The van der Waals surface area contributed by atoms with Crippen molar-refractivity contribution in [1.82, 2.24) is 0 Å². The molecular formula is C14H12Cl3NO2S. The first-order chi connectivity index (χ1) is 9.79. The van der Waals surface area contributed by atoms with E-state index in [4.69, 9.17) is 34.8 Å². The van der Waals surface area contributed by atoms with Gasteiger partial charge in [-0.15, -0.1) is 0 Å². The second kappa shape index (κ2) is 6.44. The molecule has 3 nitrogen and oxygen atoms in total. The summed E-state index contributed by atoms with van der Waals surface area (Å²) in [5.41, 5.74) is 1.25. The number of hydrogen-bond acceptors (Lipinski definition) is 3. The molecule has 0 radical (unpaired) electrons. The van der Waals surface area contributed by atoms with Gasteiger partial charge >= 0.3 is 0 Å². The highest BCUT2D eigenvalue weighted by molar-refractivity contribution is 7.90. The first kappa shape index (κ1) is 16.4. The van der Waals surface area contributed by atoms with Gasteiger partial charge in [-0.3, -0.25) is 0 Å². The number of benzene rings is 2. The maximum absolute atomic E-state index is 11.8. The van der Waals surface area contributed by atoms with Crippen LogP contribution in [0.4, 0.5) is 5.69 Å². The van der Waals surface area contributed by atoms with Gasteiger partial charge in [0.05, 0.1) is 14.9 Å². The Hall–Kier alpha value is -0.940. The molecule has 0 fully saturated rings. The molecule has 0 unspecified atom stereocenters. The second-order valence-corrected chi connectivity index (χ2v) is 7.68. The molecule has 0 amide bonds. The van der Waals surface area contributed by atoms with Crippen molar-refractivity contribution in [3.05, 3.63) is 57.0 Å². The Morgan fingerprint density at radius 2 is 1.71 bits per heavy atom. The van der Waals surface area contributed by atoms with Crippen LogP contribution in [0.5, 0.6) is 0 Å². The number of rotatable bonds is 4. The molecule has 2 rings (SSSR count). The molecule has 0 atom stereocenters. The normalized spacial score (nSPS) is 11.4.